The van der Waals surface area contributed by atoms with Crippen LogP contribution < -0.4 is 5.32 Å². The minimum atomic E-state index is 0.539. The molecule has 0 saturated carbocycles. The van der Waals surface area contributed by atoms with E-state index < -0.39 is 0 Å². The smallest absolute Gasteiger partial charge is 0.254 e. The van der Waals surface area contributed by atoms with Crippen LogP contribution in [0, 0.1) is 6.92 Å². The Morgan fingerprint density at radius 3 is 3.18 bits per heavy atom. The van der Waals surface area contributed by atoms with Crippen LogP contribution in [0.5, 0.6) is 0 Å². The summed E-state index contributed by atoms with van der Waals surface area (Å²) in [6.45, 7) is 3.16. The van der Waals surface area contributed by atoms with E-state index in [0.717, 1.165) is 24.4 Å². The van der Waals surface area contributed by atoms with E-state index in [1.165, 1.54) is 19.3 Å². The second-order valence-electron chi connectivity index (χ2n) is 4.77. The highest BCUT2D eigenvalue weighted by molar-refractivity contribution is 5.28. The maximum atomic E-state index is 4.26. The summed E-state index contributed by atoms with van der Waals surface area (Å²) in [5.41, 5.74) is 1.13. The predicted octanol–water partition coefficient (Wildman–Crippen LogP) is 1.12. The van der Waals surface area contributed by atoms with Crippen molar-refractivity contribution in [3.8, 4) is 0 Å². The average molecular weight is 231 g/mol. The van der Waals surface area contributed by atoms with E-state index in [4.69, 9.17) is 0 Å². The topological polar surface area (TPSA) is 55.1 Å². The van der Waals surface area contributed by atoms with Gasteiger partial charge in [-0.15, -0.1) is 10.2 Å². The first-order valence-corrected chi connectivity index (χ1v) is 6.22. The molecule has 1 N–H and O–H groups in total. The fraction of sp³-hybridized carbons (Fsp3) is 0.583. The van der Waals surface area contributed by atoms with Crippen molar-refractivity contribution in [2.45, 2.75) is 38.6 Å². The van der Waals surface area contributed by atoms with Crippen LogP contribution in [0.4, 0.5) is 0 Å². The Balaban J connectivity index is 1.86. The maximum absolute atomic E-state index is 4.26. The molecule has 1 saturated heterocycles. The third kappa shape index (κ3) is 2.15. The number of hydrogen-bond acceptors (Lipinski definition) is 4. The Labute approximate surface area is 100 Å². The molecule has 1 aliphatic rings. The monoisotopic (exact) mass is 231 g/mol. The Hall–Kier alpha value is -1.49. The van der Waals surface area contributed by atoms with E-state index in [-0.39, 0.29) is 0 Å². The standard InChI is InChI=1S/C12H17N5/c1-9-7-14-12-16-15-11(17(12)8-9)6-10-4-2-3-5-13-10/h7-8,10,13H,2-6H2,1H3. The number of rotatable bonds is 2. The summed E-state index contributed by atoms with van der Waals surface area (Å²) in [6, 6.07) is 0.539. The maximum Gasteiger partial charge on any atom is 0.254 e. The lowest BCUT2D eigenvalue weighted by Gasteiger charge is -2.22. The molecular formula is C12H17N5. The van der Waals surface area contributed by atoms with E-state index in [1.54, 1.807) is 0 Å². The van der Waals surface area contributed by atoms with E-state index in [1.807, 2.05) is 17.5 Å². The van der Waals surface area contributed by atoms with Gasteiger partial charge in [0.25, 0.3) is 5.78 Å². The van der Waals surface area contributed by atoms with Crippen LogP contribution >= 0.6 is 0 Å². The average Bonchev–Trinajstić information content (AvgIpc) is 2.73. The lowest BCUT2D eigenvalue weighted by atomic mass is 10.0. The third-order valence-electron chi connectivity index (χ3n) is 3.31. The van der Waals surface area contributed by atoms with E-state index in [2.05, 4.69) is 26.7 Å². The molecule has 3 rings (SSSR count). The molecule has 2 aromatic rings. The molecule has 3 heterocycles. The van der Waals surface area contributed by atoms with Crippen molar-refractivity contribution in [3.05, 3.63) is 23.8 Å². The molecular weight excluding hydrogens is 214 g/mol. The molecule has 2 aromatic heterocycles. The van der Waals surface area contributed by atoms with Crippen LogP contribution in [0.1, 0.15) is 30.7 Å². The number of hydrogen-bond donors (Lipinski definition) is 1. The van der Waals surface area contributed by atoms with Crippen LogP contribution in [0.15, 0.2) is 12.4 Å². The Morgan fingerprint density at radius 2 is 2.35 bits per heavy atom. The normalized spacial score (nSPS) is 20.9. The van der Waals surface area contributed by atoms with Crippen LogP contribution in [0.3, 0.4) is 0 Å². The van der Waals surface area contributed by atoms with Gasteiger partial charge < -0.3 is 5.32 Å². The fourth-order valence-electron chi connectivity index (χ4n) is 2.39. The first kappa shape index (κ1) is 10.7. The molecule has 0 spiro atoms. The molecule has 0 amide bonds. The highest BCUT2D eigenvalue weighted by Crippen LogP contribution is 2.12. The van der Waals surface area contributed by atoms with Crippen molar-refractivity contribution >= 4 is 5.78 Å². The molecule has 5 nitrogen and oxygen atoms in total. The van der Waals surface area contributed by atoms with Crippen molar-refractivity contribution in [3.63, 3.8) is 0 Å². The van der Waals surface area contributed by atoms with Gasteiger partial charge in [-0.25, -0.2) is 4.98 Å². The van der Waals surface area contributed by atoms with Crippen molar-refractivity contribution < 1.29 is 0 Å². The molecule has 0 bridgehead atoms. The van der Waals surface area contributed by atoms with Gasteiger partial charge in [0.2, 0.25) is 0 Å². The van der Waals surface area contributed by atoms with Crippen molar-refractivity contribution in [2.75, 3.05) is 6.54 Å². The van der Waals surface area contributed by atoms with Gasteiger partial charge in [-0.3, -0.25) is 4.40 Å². The number of nitrogens with one attached hydrogen (secondary N) is 1. The van der Waals surface area contributed by atoms with Crippen LogP contribution in [0.25, 0.3) is 5.78 Å². The molecule has 1 unspecified atom stereocenters. The van der Waals surface area contributed by atoms with Gasteiger partial charge in [0.05, 0.1) is 0 Å². The van der Waals surface area contributed by atoms with Crippen molar-refractivity contribution in [1.82, 2.24) is 24.9 Å². The molecule has 1 atom stereocenters. The van der Waals surface area contributed by atoms with Crippen LogP contribution in [0.2, 0.25) is 0 Å². The number of aryl methyl sites for hydroxylation is 1. The Morgan fingerprint density at radius 1 is 1.41 bits per heavy atom. The van der Waals surface area contributed by atoms with Crippen LogP contribution in [-0.4, -0.2) is 32.2 Å². The summed E-state index contributed by atoms with van der Waals surface area (Å²) in [5, 5.41) is 11.9. The summed E-state index contributed by atoms with van der Waals surface area (Å²) >= 11 is 0. The van der Waals surface area contributed by atoms with E-state index >= 15 is 0 Å². The van der Waals surface area contributed by atoms with Crippen LogP contribution in [-0.2, 0) is 6.42 Å². The first-order chi connectivity index (χ1) is 8.33. The number of piperidine rings is 1. The second-order valence-corrected chi connectivity index (χ2v) is 4.77. The minimum Gasteiger partial charge on any atom is -0.314 e. The molecule has 0 aromatic carbocycles. The van der Waals surface area contributed by atoms with E-state index in [0.29, 0.717) is 11.8 Å². The zero-order valence-electron chi connectivity index (χ0n) is 10.1. The van der Waals surface area contributed by atoms with Gasteiger partial charge >= 0.3 is 0 Å². The van der Waals surface area contributed by atoms with Gasteiger partial charge in [-0.05, 0) is 31.9 Å². The highest BCUT2D eigenvalue weighted by Gasteiger charge is 2.16. The molecule has 1 fully saturated rings. The number of nitrogens with zero attached hydrogens (tertiary/aromatic N) is 4. The summed E-state index contributed by atoms with van der Waals surface area (Å²) in [5.74, 6) is 1.71. The summed E-state index contributed by atoms with van der Waals surface area (Å²) in [4.78, 5) is 4.26. The zero-order chi connectivity index (χ0) is 11.7. The third-order valence-corrected chi connectivity index (χ3v) is 3.31. The summed E-state index contributed by atoms with van der Waals surface area (Å²) in [7, 11) is 0. The van der Waals surface area contributed by atoms with Gasteiger partial charge in [-0.2, -0.15) is 0 Å². The van der Waals surface area contributed by atoms with Gasteiger partial charge in [0, 0.05) is 24.9 Å². The molecule has 90 valence electrons. The lowest BCUT2D eigenvalue weighted by molar-refractivity contribution is 0.393. The van der Waals surface area contributed by atoms with Gasteiger partial charge in [0.1, 0.15) is 5.82 Å². The van der Waals surface area contributed by atoms with Crippen molar-refractivity contribution in [1.29, 1.82) is 0 Å². The quantitative estimate of drug-likeness (QED) is 0.841. The summed E-state index contributed by atoms with van der Waals surface area (Å²) in [6.07, 6.45) is 8.65. The molecule has 1 aliphatic heterocycles. The molecule has 0 aliphatic carbocycles. The lowest BCUT2D eigenvalue weighted by Crippen LogP contribution is -2.36. The Bertz CT molecular complexity index is 513. The molecule has 0 radical (unpaired) electrons. The van der Waals surface area contributed by atoms with Crippen molar-refractivity contribution in [2.24, 2.45) is 0 Å². The zero-order valence-corrected chi connectivity index (χ0v) is 10.1. The second kappa shape index (κ2) is 4.41. The largest absolute Gasteiger partial charge is 0.314 e. The number of aromatic nitrogens is 4. The minimum absolute atomic E-state index is 0.539. The van der Waals surface area contributed by atoms with Gasteiger partial charge in [-0.1, -0.05) is 6.42 Å². The first-order valence-electron chi connectivity index (χ1n) is 6.22. The number of fused-ring (bicyclic) bond motifs is 1. The van der Waals surface area contributed by atoms with Gasteiger partial charge in [0.15, 0.2) is 0 Å². The predicted molar refractivity (Wildman–Crippen MR) is 64.9 cm³/mol. The van der Waals surface area contributed by atoms with E-state index in [9.17, 15) is 0 Å². The fourth-order valence-corrected chi connectivity index (χ4v) is 2.39. The summed E-state index contributed by atoms with van der Waals surface area (Å²) < 4.78 is 2.01. The SMILES string of the molecule is Cc1cnc2nnc(CC3CCCCN3)n2c1. The molecule has 5 heteroatoms. The highest BCUT2D eigenvalue weighted by atomic mass is 15.3. The molecule has 17 heavy (non-hydrogen) atoms. The Kier molecular flexibility index (Phi) is 2.76.